The monoisotopic (exact) mass is 293 g/mol. The van der Waals surface area contributed by atoms with Crippen molar-refractivity contribution >= 4 is 22.6 Å². The van der Waals surface area contributed by atoms with Gasteiger partial charge in [-0.25, -0.2) is 0 Å². The van der Waals surface area contributed by atoms with Gasteiger partial charge in [0.1, 0.15) is 5.76 Å². The predicted octanol–water partition coefficient (Wildman–Crippen LogP) is 4.16. The summed E-state index contributed by atoms with van der Waals surface area (Å²) in [5.74, 6) is 1.42. The van der Waals surface area contributed by atoms with Crippen LogP contribution < -0.4 is 5.32 Å². The number of rotatable bonds is 4. The third-order valence-electron chi connectivity index (χ3n) is 3.91. The first-order valence-electron chi connectivity index (χ1n) is 7.28. The minimum Gasteiger partial charge on any atom is -0.458 e. The Morgan fingerprint density at radius 1 is 1.45 bits per heavy atom. The van der Waals surface area contributed by atoms with Crippen LogP contribution in [0, 0.1) is 5.92 Å². The van der Waals surface area contributed by atoms with E-state index in [4.69, 9.17) is 20.8 Å². The summed E-state index contributed by atoms with van der Waals surface area (Å²) in [5, 5.41) is 5.26. The molecule has 1 aromatic heterocycles. The van der Waals surface area contributed by atoms with E-state index in [9.17, 15) is 0 Å². The first-order valence-corrected chi connectivity index (χ1v) is 7.66. The number of hydrogen-bond donors (Lipinski definition) is 1. The molecule has 0 aliphatic carbocycles. The highest BCUT2D eigenvalue weighted by atomic mass is 35.5. The average Bonchev–Trinajstić information content (AvgIpc) is 2.91. The van der Waals surface area contributed by atoms with Crippen molar-refractivity contribution in [3.8, 4) is 0 Å². The predicted molar refractivity (Wildman–Crippen MR) is 81.2 cm³/mol. The molecule has 2 heterocycles. The zero-order valence-electron chi connectivity index (χ0n) is 11.7. The highest BCUT2D eigenvalue weighted by molar-refractivity contribution is 6.34. The van der Waals surface area contributed by atoms with Crippen LogP contribution in [0.2, 0.25) is 5.02 Å². The summed E-state index contributed by atoms with van der Waals surface area (Å²) < 4.78 is 11.6. The molecular weight excluding hydrogens is 274 g/mol. The van der Waals surface area contributed by atoms with E-state index in [0.29, 0.717) is 10.9 Å². The molecule has 0 spiro atoms. The second kappa shape index (κ2) is 6.17. The lowest BCUT2D eigenvalue weighted by atomic mass is 9.92. The molecule has 0 saturated carbocycles. The van der Waals surface area contributed by atoms with Gasteiger partial charge in [-0.3, -0.25) is 0 Å². The van der Waals surface area contributed by atoms with Gasteiger partial charge in [-0.2, -0.15) is 0 Å². The van der Waals surface area contributed by atoms with E-state index in [1.165, 1.54) is 6.42 Å². The number of nitrogens with one attached hydrogen (secondary N) is 1. The van der Waals surface area contributed by atoms with Crippen LogP contribution >= 0.6 is 11.6 Å². The molecule has 1 aliphatic rings. The summed E-state index contributed by atoms with van der Waals surface area (Å²) in [6, 6.07) is 8.15. The van der Waals surface area contributed by atoms with Gasteiger partial charge in [0.25, 0.3) is 0 Å². The van der Waals surface area contributed by atoms with E-state index in [2.05, 4.69) is 18.3 Å². The summed E-state index contributed by atoms with van der Waals surface area (Å²) in [5.41, 5.74) is 0.781. The van der Waals surface area contributed by atoms with Crippen molar-refractivity contribution in [2.75, 3.05) is 19.8 Å². The zero-order valence-corrected chi connectivity index (χ0v) is 12.5. The van der Waals surface area contributed by atoms with Crippen molar-refractivity contribution in [2.24, 2.45) is 5.92 Å². The minimum atomic E-state index is 0.198. The van der Waals surface area contributed by atoms with Crippen LogP contribution in [0.4, 0.5) is 0 Å². The van der Waals surface area contributed by atoms with Gasteiger partial charge in [-0.15, -0.1) is 0 Å². The van der Waals surface area contributed by atoms with E-state index < -0.39 is 0 Å². The summed E-state index contributed by atoms with van der Waals surface area (Å²) >= 11 is 6.20. The van der Waals surface area contributed by atoms with E-state index in [1.54, 1.807) is 0 Å². The van der Waals surface area contributed by atoms with Crippen molar-refractivity contribution in [1.82, 2.24) is 5.32 Å². The third-order valence-corrected chi connectivity index (χ3v) is 4.21. The number of hydrogen-bond acceptors (Lipinski definition) is 3. The Kier molecular flexibility index (Phi) is 4.29. The van der Waals surface area contributed by atoms with Gasteiger partial charge in [0.05, 0.1) is 17.7 Å². The van der Waals surface area contributed by atoms with Crippen molar-refractivity contribution < 1.29 is 9.15 Å². The molecule has 3 nitrogen and oxygen atoms in total. The molecule has 1 saturated heterocycles. The first kappa shape index (κ1) is 13.9. The van der Waals surface area contributed by atoms with Crippen molar-refractivity contribution in [1.29, 1.82) is 0 Å². The Hall–Kier alpha value is -1.03. The normalized spacial score (nSPS) is 21.2. The lowest BCUT2D eigenvalue weighted by Gasteiger charge is -2.29. The summed E-state index contributed by atoms with van der Waals surface area (Å²) in [7, 11) is 0. The Bertz CT molecular complexity index is 575. The fourth-order valence-electron chi connectivity index (χ4n) is 2.95. The lowest BCUT2D eigenvalue weighted by Crippen LogP contribution is -2.33. The van der Waals surface area contributed by atoms with Crippen LogP contribution in [0.5, 0.6) is 0 Å². The molecule has 0 amide bonds. The zero-order chi connectivity index (χ0) is 13.9. The molecule has 108 valence electrons. The standard InChI is InChI=1S/C16H20ClNO2/c1-2-18-15(12-6-4-8-19-10-12)14-9-11-5-3-7-13(17)16(11)20-14/h3,5,7,9,12,15,18H,2,4,6,8,10H2,1H3. The molecule has 2 atom stereocenters. The minimum absolute atomic E-state index is 0.198. The van der Waals surface area contributed by atoms with Gasteiger partial charge in [-0.05, 0) is 31.5 Å². The third kappa shape index (κ3) is 2.71. The van der Waals surface area contributed by atoms with Crippen LogP contribution in [0.3, 0.4) is 0 Å². The molecule has 1 N–H and O–H groups in total. The molecule has 3 rings (SSSR count). The molecule has 0 radical (unpaired) electrons. The van der Waals surface area contributed by atoms with Gasteiger partial charge >= 0.3 is 0 Å². The Morgan fingerprint density at radius 3 is 3.05 bits per heavy atom. The van der Waals surface area contributed by atoms with Crippen LogP contribution in [-0.4, -0.2) is 19.8 Å². The van der Waals surface area contributed by atoms with Gasteiger partial charge in [0.15, 0.2) is 5.58 Å². The maximum atomic E-state index is 6.20. The number of para-hydroxylation sites is 1. The molecule has 1 aliphatic heterocycles. The summed E-state index contributed by atoms with van der Waals surface area (Å²) in [4.78, 5) is 0. The number of fused-ring (bicyclic) bond motifs is 1. The van der Waals surface area contributed by atoms with Gasteiger partial charge in [-0.1, -0.05) is 30.7 Å². The number of halogens is 1. The quantitative estimate of drug-likeness (QED) is 0.919. The van der Waals surface area contributed by atoms with E-state index in [1.807, 2.05) is 18.2 Å². The lowest BCUT2D eigenvalue weighted by molar-refractivity contribution is 0.0361. The number of ether oxygens (including phenoxy) is 1. The smallest absolute Gasteiger partial charge is 0.152 e. The van der Waals surface area contributed by atoms with Crippen LogP contribution in [-0.2, 0) is 4.74 Å². The first-order chi connectivity index (χ1) is 9.79. The highest BCUT2D eigenvalue weighted by Gasteiger charge is 2.27. The molecule has 4 heteroatoms. The molecule has 20 heavy (non-hydrogen) atoms. The van der Waals surface area contributed by atoms with E-state index in [0.717, 1.165) is 42.9 Å². The molecule has 1 aromatic carbocycles. The van der Waals surface area contributed by atoms with Crippen LogP contribution in [0.15, 0.2) is 28.7 Å². The van der Waals surface area contributed by atoms with Crippen LogP contribution in [0.25, 0.3) is 11.0 Å². The Labute approximate surface area is 124 Å². The maximum absolute atomic E-state index is 6.20. The van der Waals surface area contributed by atoms with Gasteiger partial charge < -0.3 is 14.5 Å². The Morgan fingerprint density at radius 2 is 2.35 bits per heavy atom. The SMILES string of the molecule is CCNC(c1cc2cccc(Cl)c2o1)C1CCCOC1. The van der Waals surface area contributed by atoms with Crippen molar-refractivity contribution in [2.45, 2.75) is 25.8 Å². The molecular formula is C16H20ClNO2. The van der Waals surface area contributed by atoms with Crippen LogP contribution in [0.1, 0.15) is 31.6 Å². The molecule has 0 bridgehead atoms. The largest absolute Gasteiger partial charge is 0.458 e. The summed E-state index contributed by atoms with van der Waals surface area (Å²) in [6.45, 7) is 4.70. The molecule has 2 aromatic rings. The Balaban J connectivity index is 1.93. The topological polar surface area (TPSA) is 34.4 Å². The van der Waals surface area contributed by atoms with Crippen molar-refractivity contribution in [3.63, 3.8) is 0 Å². The van der Waals surface area contributed by atoms with E-state index >= 15 is 0 Å². The summed E-state index contributed by atoms with van der Waals surface area (Å²) in [6.07, 6.45) is 2.29. The van der Waals surface area contributed by atoms with Crippen molar-refractivity contribution in [3.05, 3.63) is 35.0 Å². The molecule has 1 fully saturated rings. The second-order valence-corrected chi connectivity index (χ2v) is 5.73. The number of furan rings is 1. The highest BCUT2D eigenvalue weighted by Crippen LogP contribution is 2.34. The average molecular weight is 294 g/mol. The van der Waals surface area contributed by atoms with Gasteiger partial charge in [0, 0.05) is 17.9 Å². The van der Waals surface area contributed by atoms with E-state index in [-0.39, 0.29) is 6.04 Å². The fourth-order valence-corrected chi connectivity index (χ4v) is 3.17. The van der Waals surface area contributed by atoms with Gasteiger partial charge in [0.2, 0.25) is 0 Å². The fraction of sp³-hybridized carbons (Fsp3) is 0.500. The number of benzene rings is 1. The molecule has 2 unspecified atom stereocenters. The maximum Gasteiger partial charge on any atom is 0.152 e. The second-order valence-electron chi connectivity index (χ2n) is 5.32.